The van der Waals surface area contributed by atoms with Gasteiger partial charge in [0.25, 0.3) is 0 Å². The lowest BCUT2D eigenvalue weighted by molar-refractivity contribution is 0.263. The van der Waals surface area contributed by atoms with Crippen LogP contribution in [0.25, 0.3) is 0 Å². The highest BCUT2D eigenvalue weighted by Crippen LogP contribution is 2.27. The molecule has 0 saturated heterocycles. The molecular formula is C13H21BrN2O2. The first-order valence-electron chi connectivity index (χ1n) is 6.02. The fourth-order valence-electron chi connectivity index (χ4n) is 1.82. The van der Waals surface area contributed by atoms with Crippen LogP contribution in [0.15, 0.2) is 22.7 Å². The first kappa shape index (κ1) is 15.4. The number of methoxy groups -OCH3 is 1. The van der Waals surface area contributed by atoms with Crippen molar-refractivity contribution in [3.63, 3.8) is 0 Å². The molecule has 5 heteroatoms. The van der Waals surface area contributed by atoms with Crippen LogP contribution >= 0.6 is 15.9 Å². The Hall–Kier alpha value is -0.620. The summed E-state index contributed by atoms with van der Waals surface area (Å²) >= 11 is 3.53. The molecule has 1 rings (SSSR count). The van der Waals surface area contributed by atoms with Gasteiger partial charge in [-0.1, -0.05) is 15.9 Å². The summed E-state index contributed by atoms with van der Waals surface area (Å²) in [6, 6.07) is 6.08. The second-order valence-electron chi connectivity index (χ2n) is 4.26. The lowest BCUT2D eigenvalue weighted by Crippen LogP contribution is -2.35. The first-order chi connectivity index (χ1) is 8.62. The first-order valence-corrected chi connectivity index (χ1v) is 6.82. The van der Waals surface area contributed by atoms with Crippen LogP contribution in [0.4, 0.5) is 0 Å². The predicted molar refractivity (Wildman–Crippen MR) is 76.8 cm³/mol. The molecule has 2 atom stereocenters. The number of aliphatic hydroxyl groups is 1. The van der Waals surface area contributed by atoms with E-state index in [1.165, 1.54) is 0 Å². The van der Waals surface area contributed by atoms with Gasteiger partial charge in [0, 0.05) is 29.7 Å². The maximum Gasteiger partial charge on any atom is 0.119 e. The van der Waals surface area contributed by atoms with Crippen molar-refractivity contribution in [3.05, 3.63) is 28.2 Å². The maximum atomic E-state index is 8.93. The molecule has 2 unspecified atom stereocenters. The number of rotatable bonds is 7. The molecule has 0 bridgehead atoms. The number of hydrogen-bond acceptors (Lipinski definition) is 4. The van der Waals surface area contributed by atoms with Crippen molar-refractivity contribution in [1.82, 2.24) is 5.32 Å². The van der Waals surface area contributed by atoms with Crippen LogP contribution in [0.3, 0.4) is 0 Å². The molecule has 0 radical (unpaired) electrons. The summed E-state index contributed by atoms with van der Waals surface area (Å²) in [6.07, 6.45) is 0.706. The van der Waals surface area contributed by atoms with E-state index in [-0.39, 0.29) is 18.7 Å². The summed E-state index contributed by atoms with van der Waals surface area (Å²) in [5, 5.41) is 12.3. The van der Waals surface area contributed by atoms with Crippen molar-refractivity contribution < 1.29 is 9.84 Å². The second-order valence-corrected chi connectivity index (χ2v) is 5.11. The van der Waals surface area contributed by atoms with Crippen LogP contribution in [0.2, 0.25) is 0 Å². The second kappa shape index (κ2) is 7.74. The molecular weight excluding hydrogens is 296 g/mol. The molecule has 4 nitrogen and oxygen atoms in total. The molecule has 1 aromatic rings. The third-order valence-corrected chi connectivity index (χ3v) is 3.58. The van der Waals surface area contributed by atoms with Gasteiger partial charge in [-0.05, 0) is 37.1 Å². The Labute approximate surface area is 117 Å². The van der Waals surface area contributed by atoms with Crippen LogP contribution < -0.4 is 15.8 Å². The molecule has 0 fully saturated rings. The van der Waals surface area contributed by atoms with Crippen LogP contribution in [0, 0.1) is 0 Å². The van der Waals surface area contributed by atoms with E-state index in [9.17, 15) is 0 Å². The Balaban J connectivity index is 2.86. The van der Waals surface area contributed by atoms with E-state index in [2.05, 4.69) is 21.2 Å². The largest absolute Gasteiger partial charge is 0.497 e. The minimum absolute atomic E-state index is 0.0380. The lowest BCUT2D eigenvalue weighted by atomic mass is 10.0. The Morgan fingerprint density at radius 3 is 2.78 bits per heavy atom. The third-order valence-electron chi connectivity index (χ3n) is 2.86. The van der Waals surface area contributed by atoms with Gasteiger partial charge in [0.15, 0.2) is 0 Å². The van der Waals surface area contributed by atoms with Gasteiger partial charge in [-0.2, -0.15) is 0 Å². The molecule has 0 spiro atoms. The monoisotopic (exact) mass is 316 g/mol. The van der Waals surface area contributed by atoms with Gasteiger partial charge in [0.2, 0.25) is 0 Å². The van der Waals surface area contributed by atoms with Gasteiger partial charge in [0.1, 0.15) is 5.75 Å². The average molecular weight is 317 g/mol. The van der Waals surface area contributed by atoms with E-state index in [0.29, 0.717) is 13.0 Å². The summed E-state index contributed by atoms with van der Waals surface area (Å²) in [4.78, 5) is 0. The van der Waals surface area contributed by atoms with Gasteiger partial charge in [-0.25, -0.2) is 0 Å². The van der Waals surface area contributed by atoms with Crippen molar-refractivity contribution in [1.29, 1.82) is 0 Å². The molecule has 0 heterocycles. The van der Waals surface area contributed by atoms with Gasteiger partial charge >= 0.3 is 0 Å². The smallest absolute Gasteiger partial charge is 0.119 e. The number of nitrogens with two attached hydrogens (primary N) is 1. The summed E-state index contributed by atoms with van der Waals surface area (Å²) in [5.74, 6) is 0.809. The van der Waals surface area contributed by atoms with E-state index in [1.807, 2.05) is 25.1 Å². The molecule has 0 aliphatic carbocycles. The molecule has 4 N–H and O–H groups in total. The number of ether oxygens (including phenoxy) is 1. The standard InChI is InChI=1S/C13H21BrN2O2/c1-9(5-6-17)16-13(8-15)11-7-10(18-2)3-4-12(11)14/h3-4,7,9,13,16-17H,5-6,8,15H2,1-2H3. The topological polar surface area (TPSA) is 67.5 Å². The van der Waals surface area contributed by atoms with Crippen LogP contribution in [0.1, 0.15) is 24.9 Å². The van der Waals surface area contributed by atoms with Crippen molar-refractivity contribution in [2.75, 3.05) is 20.3 Å². The molecule has 0 saturated carbocycles. The number of halogens is 1. The Morgan fingerprint density at radius 2 is 2.22 bits per heavy atom. The van der Waals surface area contributed by atoms with E-state index in [1.54, 1.807) is 7.11 Å². The average Bonchev–Trinajstić information content (AvgIpc) is 2.37. The fraction of sp³-hybridized carbons (Fsp3) is 0.538. The number of nitrogens with one attached hydrogen (secondary N) is 1. The molecule has 0 aliphatic heterocycles. The van der Waals surface area contributed by atoms with E-state index >= 15 is 0 Å². The van der Waals surface area contributed by atoms with Crippen LogP contribution in [-0.2, 0) is 0 Å². The zero-order valence-electron chi connectivity index (χ0n) is 10.8. The molecule has 18 heavy (non-hydrogen) atoms. The SMILES string of the molecule is COc1ccc(Br)c(C(CN)NC(C)CCO)c1. The Kier molecular flexibility index (Phi) is 6.63. The fourth-order valence-corrected chi connectivity index (χ4v) is 2.34. The van der Waals surface area contributed by atoms with Crippen molar-refractivity contribution >= 4 is 15.9 Å². The predicted octanol–water partition coefficient (Wildman–Crippen LogP) is 1.82. The molecule has 102 valence electrons. The van der Waals surface area contributed by atoms with E-state index in [0.717, 1.165) is 15.8 Å². The quantitative estimate of drug-likeness (QED) is 0.718. The summed E-state index contributed by atoms with van der Waals surface area (Å²) in [5.41, 5.74) is 6.89. The lowest BCUT2D eigenvalue weighted by Gasteiger charge is -2.23. The highest BCUT2D eigenvalue weighted by molar-refractivity contribution is 9.10. The Morgan fingerprint density at radius 1 is 1.50 bits per heavy atom. The highest BCUT2D eigenvalue weighted by Gasteiger charge is 2.16. The highest BCUT2D eigenvalue weighted by atomic mass is 79.9. The maximum absolute atomic E-state index is 8.93. The number of hydrogen-bond donors (Lipinski definition) is 3. The summed E-state index contributed by atoms with van der Waals surface area (Å²) in [6.45, 7) is 2.69. The van der Waals surface area contributed by atoms with Gasteiger partial charge in [-0.15, -0.1) is 0 Å². The number of aliphatic hydroxyl groups excluding tert-OH is 1. The van der Waals surface area contributed by atoms with E-state index < -0.39 is 0 Å². The van der Waals surface area contributed by atoms with Gasteiger partial charge < -0.3 is 20.9 Å². The minimum atomic E-state index is 0.0380. The normalized spacial score (nSPS) is 14.3. The summed E-state index contributed by atoms with van der Waals surface area (Å²) in [7, 11) is 1.65. The van der Waals surface area contributed by atoms with Crippen LogP contribution in [-0.4, -0.2) is 31.4 Å². The molecule has 1 aromatic carbocycles. The number of benzene rings is 1. The van der Waals surface area contributed by atoms with Crippen molar-refractivity contribution in [2.45, 2.75) is 25.4 Å². The zero-order valence-corrected chi connectivity index (χ0v) is 12.4. The minimum Gasteiger partial charge on any atom is -0.497 e. The molecule has 0 aliphatic rings. The van der Waals surface area contributed by atoms with Crippen molar-refractivity contribution in [2.24, 2.45) is 5.73 Å². The molecule has 0 aromatic heterocycles. The van der Waals surface area contributed by atoms with Gasteiger partial charge in [-0.3, -0.25) is 0 Å². The Bertz CT molecular complexity index is 374. The zero-order chi connectivity index (χ0) is 13.5. The van der Waals surface area contributed by atoms with Crippen molar-refractivity contribution in [3.8, 4) is 5.75 Å². The molecule has 0 amide bonds. The van der Waals surface area contributed by atoms with Crippen LogP contribution in [0.5, 0.6) is 5.75 Å². The third kappa shape index (κ3) is 4.24. The van der Waals surface area contributed by atoms with E-state index in [4.69, 9.17) is 15.6 Å². The van der Waals surface area contributed by atoms with Gasteiger partial charge in [0.05, 0.1) is 7.11 Å². The summed E-state index contributed by atoms with van der Waals surface area (Å²) < 4.78 is 6.23.